The highest BCUT2D eigenvalue weighted by molar-refractivity contribution is 5.88. The molecule has 0 saturated carbocycles. The van der Waals surface area contributed by atoms with Gasteiger partial charge in [-0.3, -0.25) is 0 Å². The predicted molar refractivity (Wildman–Crippen MR) is 78.8 cm³/mol. The molecule has 4 heteroatoms. The number of hydrogen-bond acceptors (Lipinski definition) is 3. The molecule has 1 atom stereocenters. The van der Waals surface area contributed by atoms with Gasteiger partial charge in [0, 0.05) is 5.56 Å². The Bertz CT molecular complexity index is 610. The summed E-state index contributed by atoms with van der Waals surface area (Å²) >= 11 is 0. The Morgan fingerprint density at radius 1 is 1.30 bits per heavy atom. The lowest BCUT2D eigenvalue weighted by Crippen LogP contribution is -2.28. The number of nitrogens with one attached hydrogen (secondary N) is 1. The van der Waals surface area contributed by atoms with Gasteiger partial charge in [0.25, 0.3) is 0 Å². The first-order valence-electron chi connectivity index (χ1n) is 6.72. The SMILES string of the molecule is CCCC(NC(=O)OC)c1c(O)ccc2ccccc12. The summed E-state index contributed by atoms with van der Waals surface area (Å²) in [6.07, 6.45) is 1.13. The maximum atomic E-state index is 11.5. The van der Waals surface area contributed by atoms with E-state index < -0.39 is 6.09 Å². The molecule has 1 amide bonds. The smallest absolute Gasteiger partial charge is 0.407 e. The number of hydrogen-bond donors (Lipinski definition) is 2. The van der Waals surface area contributed by atoms with Crippen molar-refractivity contribution in [2.45, 2.75) is 25.8 Å². The van der Waals surface area contributed by atoms with Crippen molar-refractivity contribution in [3.8, 4) is 5.75 Å². The number of carbonyl (C=O) groups is 1. The van der Waals surface area contributed by atoms with E-state index in [-0.39, 0.29) is 11.8 Å². The monoisotopic (exact) mass is 273 g/mol. The molecule has 0 aliphatic rings. The van der Waals surface area contributed by atoms with Gasteiger partial charge >= 0.3 is 6.09 Å². The van der Waals surface area contributed by atoms with Gasteiger partial charge in [-0.05, 0) is 23.3 Å². The first-order chi connectivity index (χ1) is 9.67. The quantitative estimate of drug-likeness (QED) is 0.892. The van der Waals surface area contributed by atoms with Crippen LogP contribution < -0.4 is 5.32 Å². The molecule has 4 nitrogen and oxygen atoms in total. The minimum Gasteiger partial charge on any atom is -0.508 e. The number of benzene rings is 2. The largest absolute Gasteiger partial charge is 0.508 e. The lowest BCUT2D eigenvalue weighted by molar-refractivity contribution is 0.166. The maximum Gasteiger partial charge on any atom is 0.407 e. The van der Waals surface area contributed by atoms with Gasteiger partial charge in [0.2, 0.25) is 0 Å². The van der Waals surface area contributed by atoms with Crippen molar-refractivity contribution in [2.75, 3.05) is 7.11 Å². The molecule has 2 aromatic carbocycles. The molecule has 0 aliphatic heterocycles. The zero-order chi connectivity index (χ0) is 14.5. The average Bonchev–Trinajstić information content (AvgIpc) is 2.46. The van der Waals surface area contributed by atoms with Crippen LogP contribution in [-0.2, 0) is 4.74 Å². The molecule has 0 bridgehead atoms. The summed E-state index contributed by atoms with van der Waals surface area (Å²) in [6.45, 7) is 2.04. The summed E-state index contributed by atoms with van der Waals surface area (Å²) in [5.74, 6) is 0.193. The molecule has 2 aromatic rings. The number of phenols is 1. The Morgan fingerprint density at radius 3 is 2.75 bits per heavy atom. The third-order valence-corrected chi connectivity index (χ3v) is 3.35. The van der Waals surface area contributed by atoms with Gasteiger partial charge in [0.15, 0.2) is 0 Å². The Balaban J connectivity index is 2.51. The minimum atomic E-state index is -0.490. The van der Waals surface area contributed by atoms with E-state index in [0.717, 1.165) is 29.2 Å². The Labute approximate surface area is 118 Å². The molecule has 1 unspecified atom stereocenters. The van der Waals surface area contributed by atoms with Crippen LogP contribution >= 0.6 is 0 Å². The van der Waals surface area contributed by atoms with E-state index in [1.807, 2.05) is 37.3 Å². The Morgan fingerprint density at radius 2 is 2.05 bits per heavy atom. The standard InChI is InChI=1S/C16H19NO3/c1-3-6-13(17-16(19)20-2)15-12-8-5-4-7-11(12)9-10-14(15)18/h4-5,7-10,13,18H,3,6H2,1-2H3,(H,17,19). The van der Waals surface area contributed by atoms with Crippen molar-refractivity contribution in [3.05, 3.63) is 42.0 Å². The number of ether oxygens (including phenoxy) is 1. The van der Waals surface area contributed by atoms with Crippen LogP contribution in [0.15, 0.2) is 36.4 Å². The fourth-order valence-electron chi connectivity index (χ4n) is 2.43. The third-order valence-electron chi connectivity index (χ3n) is 3.35. The van der Waals surface area contributed by atoms with Crippen molar-refractivity contribution in [1.29, 1.82) is 0 Å². The Kier molecular flexibility index (Phi) is 4.45. The first-order valence-corrected chi connectivity index (χ1v) is 6.72. The highest BCUT2D eigenvalue weighted by Gasteiger charge is 2.20. The van der Waals surface area contributed by atoms with Crippen molar-refractivity contribution in [2.24, 2.45) is 0 Å². The van der Waals surface area contributed by atoms with Gasteiger partial charge < -0.3 is 15.2 Å². The van der Waals surface area contributed by atoms with Crippen LogP contribution in [0.3, 0.4) is 0 Å². The summed E-state index contributed by atoms with van der Waals surface area (Å²) < 4.78 is 4.67. The topological polar surface area (TPSA) is 58.6 Å². The van der Waals surface area contributed by atoms with Crippen molar-refractivity contribution in [1.82, 2.24) is 5.32 Å². The number of amides is 1. The van der Waals surface area contributed by atoms with Crippen LogP contribution in [0.25, 0.3) is 10.8 Å². The molecule has 2 N–H and O–H groups in total. The van der Waals surface area contributed by atoms with Gasteiger partial charge in [-0.2, -0.15) is 0 Å². The molecular weight excluding hydrogens is 254 g/mol. The van der Waals surface area contributed by atoms with Gasteiger partial charge in [0.1, 0.15) is 5.75 Å². The lowest BCUT2D eigenvalue weighted by atomic mass is 9.95. The number of rotatable bonds is 4. The van der Waals surface area contributed by atoms with Crippen molar-refractivity contribution >= 4 is 16.9 Å². The molecule has 20 heavy (non-hydrogen) atoms. The fraction of sp³-hybridized carbons (Fsp3) is 0.312. The van der Waals surface area contributed by atoms with Crippen molar-refractivity contribution in [3.63, 3.8) is 0 Å². The van der Waals surface area contributed by atoms with Crippen LogP contribution in [0.4, 0.5) is 4.79 Å². The maximum absolute atomic E-state index is 11.5. The molecule has 0 saturated heterocycles. The number of aromatic hydroxyl groups is 1. The van der Waals surface area contributed by atoms with Gasteiger partial charge in [-0.25, -0.2) is 4.79 Å². The van der Waals surface area contributed by atoms with Gasteiger partial charge in [-0.1, -0.05) is 43.7 Å². The highest BCUT2D eigenvalue weighted by Crippen LogP contribution is 2.34. The second-order valence-corrected chi connectivity index (χ2v) is 4.70. The van der Waals surface area contributed by atoms with E-state index in [9.17, 15) is 9.90 Å². The van der Waals surface area contributed by atoms with E-state index in [2.05, 4.69) is 10.1 Å². The summed E-state index contributed by atoms with van der Waals surface area (Å²) in [5.41, 5.74) is 0.746. The molecular formula is C16H19NO3. The van der Waals surface area contributed by atoms with Crippen LogP contribution in [-0.4, -0.2) is 18.3 Å². The van der Waals surface area contributed by atoms with Gasteiger partial charge in [-0.15, -0.1) is 0 Å². The number of fused-ring (bicyclic) bond motifs is 1. The summed E-state index contributed by atoms with van der Waals surface area (Å²) in [5, 5.41) is 15.0. The molecule has 0 fully saturated rings. The Hall–Kier alpha value is -2.23. The summed E-state index contributed by atoms with van der Waals surface area (Å²) in [6, 6.07) is 11.1. The number of phenolic OH excluding ortho intramolecular Hbond substituents is 1. The van der Waals surface area contributed by atoms with Crippen LogP contribution in [0.2, 0.25) is 0 Å². The second-order valence-electron chi connectivity index (χ2n) is 4.70. The summed E-state index contributed by atoms with van der Waals surface area (Å²) in [4.78, 5) is 11.5. The molecule has 0 heterocycles. The first kappa shape index (κ1) is 14.2. The molecule has 2 rings (SSSR count). The number of alkyl carbamates (subject to hydrolysis) is 1. The molecule has 0 radical (unpaired) electrons. The van der Waals surface area contributed by atoms with Crippen molar-refractivity contribution < 1.29 is 14.6 Å². The lowest BCUT2D eigenvalue weighted by Gasteiger charge is -2.20. The van der Waals surface area contributed by atoms with E-state index in [1.54, 1.807) is 6.07 Å². The summed E-state index contributed by atoms with van der Waals surface area (Å²) in [7, 11) is 1.33. The molecule has 106 valence electrons. The molecule has 0 aliphatic carbocycles. The predicted octanol–water partition coefficient (Wildman–Crippen LogP) is 3.74. The highest BCUT2D eigenvalue weighted by atomic mass is 16.5. The fourth-order valence-corrected chi connectivity index (χ4v) is 2.43. The van der Waals surface area contributed by atoms with Crippen LogP contribution in [0.5, 0.6) is 5.75 Å². The average molecular weight is 273 g/mol. The zero-order valence-electron chi connectivity index (χ0n) is 11.7. The van der Waals surface area contributed by atoms with Crippen LogP contribution in [0, 0.1) is 0 Å². The number of carbonyl (C=O) groups excluding carboxylic acids is 1. The van der Waals surface area contributed by atoms with E-state index >= 15 is 0 Å². The molecule has 0 spiro atoms. The normalized spacial score (nSPS) is 12.1. The van der Waals surface area contributed by atoms with Gasteiger partial charge in [0.05, 0.1) is 13.2 Å². The number of methoxy groups -OCH3 is 1. The zero-order valence-corrected chi connectivity index (χ0v) is 11.7. The van der Waals surface area contributed by atoms with E-state index in [1.165, 1.54) is 7.11 Å². The van der Waals surface area contributed by atoms with E-state index in [0.29, 0.717) is 0 Å². The molecule has 0 aromatic heterocycles. The van der Waals surface area contributed by atoms with E-state index in [4.69, 9.17) is 0 Å². The van der Waals surface area contributed by atoms with Crippen LogP contribution in [0.1, 0.15) is 31.4 Å². The second kappa shape index (κ2) is 6.28. The third kappa shape index (κ3) is 2.85. The minimum absolute atomic E-state index is 0.193.